The summed E-state index contributed by atoms with van der Waals surface area (Å²) in [7, 11) is 0. The van der Waals surface area contributed by atoms with E-state index in [2.05, 4.69) is 15.5 Å². The maximum Gasteiger partial charge on any atom is 0.349 e. The predicted octanol–water partition coefficient (Wildman–Crippen LogP) is 1.84. The lowest BCUT2D eigenvalue weighted by molar-refractivity contribution is 0.100. The van der Waals surface area contributed by atoms with Crippen molar-refractivity contribution in [3.8, 4) is 0 Å². The molecule has 1 N–H and O–H groups in total. The van der Waals surface area contributed by atoms with Crippen LogP contribution in [0.5, 0.6) is 0 Å². The second-order valence-electron chi connectivity index (χ2n) is 7.31. The third kappa shape index (κ3) is 2.86. The Morgan fingerprint density at radius 2 is 1.93 bits per heavy atom. The van der Waals surface area contributed by atoms with Crippen molar-refractivity contribution < 1.29 is 9.21 Å². The zero-order chi connectivity index (χ0) is 20.1. The highest BCUT2D eigenvalue weighted by Gasteiger charge is 2.21. The molecule has 0 aliphatic carbocycles. The van der Waals surface area contributed by atoms with Crippen LogP contribution in [0.4, 0.5) is 0 Å². The molecular formula is C19H17N5O4. The summed E-state index contributed by atoms with van der Waals surface area (Å²) in [6, 6.07) is 8.26. The Labute approximate surface area is 158 Å². The highest BCUT2D eigenvalue weighted by Crippen LogP contribution is 2.17. The van der Waals surface area contributed by atoms with Crippen molar-refractivity contribution in [2.75, 3.05) is 5.43 Å². The molecule has 0 fully saturated rings. The Balaban J connectivity index is 1.73. The second-order valence-corrected chi connectivity index (χ2v) is 7.31. The lowest BCUT2D eigenvalue weighted by Gasteiger charge is -2.19. The zero-order valence-corrected chi connectivity index (χ0v) is 15.5. The normalized spacial score (nSPS) is 11.8. The smallest absolute Gasteiger partial charge is 0.349 e. The van der Waals surface area contributed by atoms with Gasteiger partial charge in [-0.25, -0.2) is 19.1 Å². The first-order valence-electron chi connectivity index (χ1n) is 8.56. The lowest BCUT2D eigenvalue weighted by atomic mass is 10.1. The van der Waals surface area contributed by atoms with Crippen LogP contribution in [0.15, 0.2) is 56.9 Å². The first-order valence-corrected chi connectivity index (χ1v) is 8.56. The molecule has 0 radical (unpaired) electrons. The summed E-state index contributed by atoms with van der Waals surface area (Å²) in [5.74, 6) is -0.772. The summed E-state index contributed by atoms with van der Waals surface area (Å²) in [6.07, 6.45) is 2.60. The van der Waals surface area contributed by atoms with E-state index in [1.165, 1.54) is 18.6 Å². The van der Waals surface area contributed by atoms with Crippen molar-refractivity contribution in [2.45, 2.75) is 26.3 Å². The number of hydrogen-bond acceptors (Lipinski definition) is 6. The Bertz CT molecular complexity index is 1340. The third-order valence-electron chi connectivity index (χ3n) is 4.23. The van der Waals surface area contributed by atoms with Gasteiger partial charge < -0.3 is 4.42 Å². The van der Waals surface area contributed by atoms with Gasteiger partial charge in [0.05, 0.1) is 11.7 Å². The zero-order valence-electron chi connectivity index (χ0n) is 15.5. The average Bonchev–Trinajstić information content (AvgIpc) is 3.08. The Kier molecular flexibility index (Phi) is 3.88. The van der Waals surface area contributed by atoms with Gasteiger partial charge in [0.25, 0.3) is 11.5 Å². The number of hydrogen-bond donors (Lipinski definition) is 1. The van der Waals surface area contributed by atoms with E-state index in [1.807, 2.05) is 20.8 Å². The van der Waals surface area contributed by atoms with Crippen LogP contribution < -0.4 is 16.6 Å². The summed E-state index contributed by atoms with van der Waals surface area (Å²) < 4.78 is 7.72. The minimum atomic E-state index is -0.793. The second kappa shape index (κ2) is 6.15. The van der Waals surface area contributed by atoms with Crippen LogP contribution in [0, 0.1) is 0 Å². The number of para-hydroxylation sites is 1. The van der Waals surface area contributed by atoms with Crippen LogP contribution >= 0.6 is 0 Å². The number of carbonyl (C=O) groups excluding carboxylic acids is 1. The van der Waals surface area contributed by atoms with Gasteiger partial charge in [-0.3, -0.25) is 15.0 Å². The molecule has 0 saturated heterocycles. The summed E-state index contributed by atoms with van der Waals surface area (Å²) in [5.41, 5.74) is 1.30. The minimum Gasteiger partial charge on any atom is -0.422 e. The number of nitrogens with one attached hydrogen (secondary N) is 1. The molecule has 9 nitrogen and oxygen atoms in total. The van der Waals surface area contributed by atoms with E-state index in [0.29, 0.717) is 16.6 Å². The van der Waals surface area contributed by atoms with Gasteiger partial charge in [-0.15, -0.1) is 0 Å². The van der Waals surface area contributed by atoms with E-state index >= 15 is 0 Å². The van der Waals surface area contributed by atoms with Gasteiger partial charge in [-0.1, -0.05) is 18.2 Å². The largest absolute Gasteiger partial charge is 0.422 e. The number of fused-ring (bicyclic) bond motifs is 2. The van der Waals surface area contributed by atoms with Crippen LogP contribution in [0.3, 0.4) is 0 Å². The van der Waals surface area contributed by atoms with Gasteiger partial charge in [0.1, 0.15) is 22.9 Å². The fourth-order valence-corrected chi connectivity index (χ4v) is 2.87. The Morgan fingerprint density at radius 3 is 2.68 bits per heavy atom. The van der Waals surface area contributed by atoms with Crippen molar-refractivity contribution in [1.29, 1.82) is 0 Å². The number of benzene rings is 1. The van der Waals surface area contributed by atoms with Crippen LogP contribution in [0.2, 0.25) is 0 Å². The number of nitrogens with zero attached hydrogens (tertiary/aromatic N) is 4. The lowest BCUT2D eigenvalue weighted by Crippen LogP contribution is -2.35. The molecule has 0 unspecified atom stereocenters. The van der Waals surface area contributed by atoms with Crippen molar-refractivity contribution in [1.82, 2.24) is 19.4 Å². The molecule has 0 spiro atoms. The third-order valence-corrected chi connectivity index (χ3v) is 4.23. The molecule has 4 aromatic rings. The summed E-state index contributed by atoms with van der Waals surface area (Å²) in [4.78, 5) is 41.6. The van der Waals surface area contributed by atoms with Crippen molar-refractivity contribution in [3.63, 3.8) is 0 Å². The Morgan fingerprint density at radius 1 is 1.18 bits per heavy atom. The number of carbonyl (C=O) groups is 1. The highest BCUT2D eigenvalue weighted by molar-refractivity contribution is 6.01. The van der Waals surface area contributed by atoms with E-state index in [9.17, 15) is 14.4 Å². The molecule has 1 amide bonds. The molecule has 3 heterocycles. The monoisotopic (exact) mass is 379 g/mol. The fourth-order valence-electron chi connectivity index (χ4n) is 2.87. The summed E-state index contributed by atoms with van der Waals surface area (Å²) in [6.45, 7) is 5.81. The van der Waals surface area contributed by atoms with Crippen LogP contribution in [0.25, 0.3) is 22.0 Å². The maximum absolute atomic E-state index is 12.7. The average molecular weight is 379 g/mol. The van der Waals surface area contributed by atoms with Gasteiger partial charge in [-0.05, 0) is 32.9 Å². The van der Waals surface area contributed by atoms with Crippen LogP contribution in [-0.4, -0.2) is 25.3 Å². The van der Waals surface area contributed by atoms with E-state index in [-0.39, 0.29) is 16.5 Å². The van der Waals surface area contributed by atoms with Crippen LogP contribution in [0.1, 0.15) is 31.1 Å². The number of aromatic nitrogens is 4. The molecular weight excluding hydrogens is 362 g/mol. The molecule has 142 valence electrons. The minimum absolute atomic E-state index is 0.212. The SMILES string of the molecule is CC(C)(C)n1ncc2c(=O)n(NC(=O)c3cc4ccccc4oc3=O)cnc21. The van der Waals surface area contributed by atoms with Crippen molar-refractivity contribution >= 4 is 27.9 Å². The summed E-state index contributed by atoms with van der Waals surface area (Å²) in [5, 5.41) is 5.07. The van der Waals surface area contributed by atoms with Gasteiger partial charge in [0, 0.05) is 5.39 Å². The topological polar surface area (TPSA) is 112 Å². The van der Waals surface area contributed by atoms with Gasteiger partial charge in [0.2, 0.25) is 0 Å². The molecule has 1 aromatic carbocycles. The van der Waals surface area contributed by atoms with Gasteiger partial charge in [0.15, 0.2) is 5.65 Å². The van der Waals surface area contributed by atoms with E-state index in [4.69, 9.17) is 4.42 Å². The quantitative estimate of drug-likeness (QED) is 0.532. The molecule has 28 heavy (non-hydrogen) atoms. The number of amides is 1. The first kappa shape index (κ1) is 17.7. The van der Waals surface area contributed by atoms with E-state index in [0.717, 1.165) is 4.68 Å². The van der Waals surface area contributed by atoms with Gasteiger partial charge in [-0.2, -0.15) is 5.10 Å². The molecule has 4 rings (SSSR count). The van der Waals surface area contributed by atoms with Crippen molar-refractivity contribution in [2.24, 2.45) is 0 Å². The molecule has 0 bridgehead atoms. The molecule has 3 aromatic heterocycles. The predicted molar refractivity (Wildman–Crippen MR) is 103 cm³/mol. The molecule has 9 heteroatoms. The maximum atomic E-state index is 12.7. The molecule has 0 atom stereocenters. The fraction of sp³-hybridized carbons (Fsp3) is 0.211. The highest BCUT2D eigenvalue weighted by atomic mass is 16.4. The van der Waals surface area contributed by atoms with E-state index in [1.54, 1.807) is 28.9 Å². The van der Waals surface area contributed by atoms with Crippen LogP contribution in [-0.2, 0) is 5.54 Å². The van der Waals surface area contributed by atoms with Gasteiger partial charge >= 0.3 is 5.63 Å². The standard InChI is InChI=1S/C19H17N5O4/c1-19(2,3)24-15-13(9-21-24)17(26)23(10-20-15)22-16(25)12-8-11-6-4-5-7-14(11)28-18(12)27/h4-10H,1-3H3,(H,22,25). The summed E-state index contributed by atoms with van der Waals surface area (Å²) >= 11 is 0. The molecule has 0 aliphatic rings. The molecule has 0 saturated carbocycles. The van der Waals surface area contributed by atoms with Crippen molar-refractivity contribution in [3.05, 3.63) is 69.2 Å². The first-order chi connectivity index (χ1) is 13.3. The molecule has 0 aliphatic heterocycles. The van der Waals surface area contributed by atoms with E-state index < -0.39 is 17.1 Å². The Hall–Kier alpha value is -3.75. The number of rotatable bonds is 2.